The van der Waals surface area contributed by atoms with Crippen LogP contribution in [0.1, 0.15) is 0 Å². The molecule has 0 saturated carbocycles. The maximum atomic E-state index is 10.2. The zero-order valence-corrected chi connectivity index (χ0v) is 9.31. The van der Waals surface area contributed by atoms with Gasteiger partial charge in [-0.05, 0) is 12.1 Å². The molecule has 1 aromatic carbocycles. The quantitative estimate of drug-likeness (QED) is 0.628. The third kappa shape index (κ3) is 2.01. The van der Waals surface area contributed by atoms with Crippen LogP contribution < -0.4 is 4.80 Å². The average molecular weight is 235 g/mol. The van der Waals surface area contributed by atoms with E-state index < -0.39 is 5.97 Å². The normalized spacial score (nSPS) is 12.7. The Morgan fingerprint density at radius 1 is 1.50 bits per heavy atom. The summed E-state index contributed by atoms with van der Waals surface area (Å²) in [6, 6.07) is 7.86. The lowest BCUT2D eigenvalue weighted by molar-refractivity contribution is -0.128. The maximum absolute atomic E-state index is 10.2. The Bertz CT molecular complexity index is 624. The van der Waals surface area contributed by atoms with Crippen molar-refractivity contribution in [1.82, 2.24) is 4.57 Å². The molecular weight excluding hydrogens is 226 g/mol. The first-order valence-corrected chi connectivity index (χ1v) is 5.34. The summed E-state index contributed by atoms with van der Waals surface area (Å²) < 4.78 is 2.97. The van der Waals surface area contributed by atoms with Crippen molar-refractivity contribution in [1.29, 1.82) is 0 Å². The van der Waals surface area contributed by atoms with Gasteiger partial charge in [0.25, 0.3) is 0 Å². The number of thiazole rings is 1. The highest BCUT2D eigenvalue weighted by molar-refractivity contribution is 7.16. The molecule has 0 unspecified atom stereocenters. The van der Waals surface area contributed by atoms with Crippen LogP contribution in [0.5, 0.6) is 0 Å². The molecule has 2 rings (SSSR count). The molecule has 0 fully saturated rings. The van der Waals surface area contributed by atoms with Crippen molar-refractivity contribution in [3.63, 3.8) is 0 Å². The summed E-state index contributed by atoms with van der Waals surface area (Å²) in [5, 5.41) is 15.7. The third-order valence-electron chi connectivity index (χ3n) is 2.03. The lowest BCUT2D eigenvalue weighted by atomic mass is 10.3. The largest absolute Gasteiger partial charge is 0.477 e. The average Bonchev–Trinajstić information content (AvgIpc) is 2.56. The Hall–Kier alpha value is -1.95. The topological polar surface area (TPSA) is 67.0 Å². The van der Waals surface area contributed by atoms with Crippen molar-refractivity contribution in [3.05, 3.63) is 29.1 Å². The number of para-hydroxylation sites is 1. The fraction of sp³-hybridized carbons (Fsp3) is 0.100. The smallest absolute Gasteiger partial charge is 0.348 e. The SMILES string of the molecule is Cn1/c(=N\N=C\C(=O)O)sc2ccccc21. The molecule has 6 heteroatoms. The van der Waals surface area contributed by atoms with Crippen molar-refractivity contribution in [2.75, 3.05) is 0 Å². The summed E-state index contributed by atoms with van der Waals surface area (Å²) in [7, 11) is 1.87. The maximum Gasteiger partial charge on any atom is 0.348 e. The van der Waals surface area contributed by atoms with Crippen LogP contribution in [0, 0.1) is 0 Å². The number of fused-ring (bicyclic) bond motifs is 1. The molecule has 0 aliphatic carbocycles. The van der Waals surface area contributed by atoms with Crippen molar-refractivity contribution < 1.29 is 9.90 Å². The van der Waals surface area contributed by atoms with Gasteiger partial charge in [0.15, 0.2) is 0 Å². The fourth-order valence-electron chi connectivity index (χ4n) is 1.31. The number of aryl methyl sites for hydroxylation is 1. The monoisotopic (exact) mass is 235 g/mol. The Morgan fingerprint density at radius 2 is 2.25 bits per heavy atom. The fourth-order valence-corrected chi connectivity index (χ4v) is 2.28. The number of hydrogen-bond acceptors (Lipinski definition) is 4. The van der Waals surface area contributed by atoms with E-state index in [0.717, 1.165) is 16.4 Å². The van der Waals surface area contributed by atoms with Crippen LogP contribution in [0.2, 0.25) is 0 Å². The second-order valence-electron chi connectivity index (χ2n) is 3.09. The van der Waals surface area contributed by atoms with Gasteiger partial charge in [0.1, 0.15) is 6.21 Å². The molecule has 0 bridgehead atoms. The number of aliphatic carboxylic acids is 1. The minimum absolute atomic E-state index is 0.665. The molecule has 0 spiro atoms. The van der Waals surface area contributed by atoms with Gasteiger partial charge < -0.3 is 9.67 Å². The summed E-state index contributed by atoms with van der Waals surface area (Å²) in [4.78, 5) is 10.9. The minimum atomic E-state index is -1.10. The Labute approximate surface area is 95.0 Å². The number of carboxylic acids is 1. The number of carbonyl (C=O) groups is 1. The number of nitrogens with zero attached hydrogens (tertiary/aromatic N) is 3. The predicted octanol–water partition coefficient (Wildman–Crippen LogP) is 1.21. The van der Waals surface area contributed by atoms with Crippen LogP contribution in [0.3, 0.4) is 0 Å². The van der Waals surface area contributed by atoms with Gasteiger partial charge in [0, 0.05) is 7.05 Å². The molecular formula is C10H9N3O2S. The van der Waals surface area contributed by atoms with Crippen LogP contribution in [0.15, 0.2) is 34.5 Å². The zero-order chi connectivity index (χ0) is 11.5. The van der Waals surface area contributed by atoms with Gasteiger partial charge in [-0.2, -0.15) is 0 Å². The van der Waals surface area contributed by atoms with Crippen molar-refractivity contribution in [3.8, 4) is 0 Å². The summed E-state index contributed by atoms with van der Waals surface area (Å²) >= 11 is 1.47. The van der Waals surface area contributed by atoms with Gasteiger partial charge in [0.05, 0.1) is 10.2 Å². The van der Waals surface area contributed by atoms with E-state index in [4.69, 9.17) is 5.11 Å². The number of carboxylic acid groups (broad SMARTS) is 1. The Morgan fingerprint density at radius 3 is 2.94 bits per heavy atom. The summed E-state index contributed by atoms with van der Waals surface area (Å²) in [5.74, 6) is -1.10. The number of hydrogen-bond donors (Lipinski definition) is 1. The van der Waals surface area contributed by atoms with Crippen LogP contribution >= 0.6 is 11.3 Å². The zero-order valence-electron chi connectivity index (χ0n) is 8.49. The molecule has 16 heavy (non-hydrogen) atoms. The first kappa shape index (κ1) is 10.6. The van der Waals surface area contributed by atoms with Gasteiger partial charge in [-0.1, -0.05) is 23.5 Å². The van der Waals surface area contributed by atoms with E-state index in [1.807, 2.05) is 35.9 Å². The molecule has 0 radical (unpaired) electrons. The molecule has 0 aliphatic heterocycles. The molecule has 82 valence electrons. The molecule has 1 heterocycles. The predicted molar refractivity (Wildman–Crippen MR) is 62.5 cm³/mol. The first-order valence-electron chi connectivity index (χ1n) is 4.53. The highest BCUT2D eigenvalue weighted by atomic mass is 32.1. The lowest BCUT2D eigenvalue weighted by Crippen LogP contribution is -2.09. The Balaban J connectivity index is 2.53. The van der Waals surface area contributed by atoms with Crippen LogP contribution in [-0.4, -0.2) is 21.9 Å². The summed E-state index contributed by atoms with van der Waals surface area (Å²) in [6.07, 6.45) is 0.768. The van der Waals surface area contributed by atoms with Crippen LogP contribution in [0.25, 0.3) is 10.2 Å². The molecule has 1 N–H and O–H groups in total. The van der Waals surface area contributed by atoms with E-state index in [0.29, 0.717) is 4.80 Å². The van der Waals surface area contributed by atoms with Gasteiger partial charge in [-0.25, -0.2) is 4.79 Å². The standard InChI is InChI=1S/C10H9N3O2S/c1-13-7-4-2-3-5-8(7)16-10(13)12-11-6-9(14)15/h2-6H,1H3,(H,14,15)/b11-6+,12-10+. The highest BCUT2D eigenvalue weighted by Crippen LogP contribution is 2.14. The first-order chi connectivity index (χ1) is 7.68. The molecule has 0 saturated heterocycles. The molecule has 0 atom stereocenters. The Kier molecular flexibility index (Phi) is 2.82. The van der Waals surface area contributed by atoms with Crippen molar-refractivity contribution in [2.45, 2.75) is 0 Å². The van der Waals surface area contributed by atoms with Gasteiger partial charge in [0.2, 0.25) is 4.80 Å². The van der Waals surface area contributed by atoms with E-state index in [-0.39, 0.29) is 0 Å². The summed E-state index contributed by atoms with van der Waals surface area (Å²) in [6.45, 7) is 0. The second-order valence-corrected chi connectivity index (χ2v) is 4.10. The van der Waals surface area contributed by atoms with Gasteiger partial charge in [-0.15, -0.1) is 10.2 Å². The lowest BCUT2D eigenvalue weighted by Gasteiger charge is -1.92. The van der Waals surface area contributed by atoms with Crippen LogP contribution in [0.4, 0.5) is 0 Å². The van der Waals surface area contributed by atoms with Gasteiger partial charge in [-0.3, -0.25) is 0 Å². The van der Waals surface area contributed by atoms with E-state index >= 15 is 0 Å². The minimum Gasteiger partial charge on any atom is -0.477 e. The number of aromatic nitrogens is 1. The summed E-state index contributed by atoms with van der Waals surface area (Å²) in [5.41, 5.74) is 1.05. The van der Waals surface area contributed by atoms with E-state index in [2.05, 4.69) is 10.2 Å². The van der Waals surface area contributed by atoms with Crippen molar-refractivity contribution >= 4 is 33.7 Å². The molecule has 2 aromatic rings. The highest BCUT2D eigenvalue weighted by Gasteiger charge is 2.00. The molecule has 5 nitrogen and oxygen atoms in total. The van der Waals surface area contributed by atoms with Crippen LogP contribution in [-0.2, 0) is 11.8 Å². The molecule has 0 aliphatic rings. The van der Waals surface area contributed by atoms with Gasteiger partial charge >= 0.3 is 5.97 Å². The van der Waals surface area contributed by atoms with E-state index in [9.17, 15) is 4.79 Å². The van der Waals surface area contributed by atoms with E-state index in [1.165, 1.54) is 11.3 Å². The molecule has 0 amide bonds. The number of rotatable bonds is 2. The van der Waals surface area contributed by atoms with Crippen molar-refractivity contribution in [2.24, 2.45) is 17.3 Å². The molecule has 1 aromatic heterocycles. The van der Waals surface area contributed by atoms with E-state index in [1.54, 1.807) is 0 Å². The third-order valence-corrected chi connectivity index (χ3v) is 3.13. The number of benzene rings is 1. The second kappa shape index (κ2) is 4.28.